The Hall–Kier alpha value is -1.55. The van der Waals surface area contributed by atoms with Crippen LogP contribution in [0.2, 0.25) is 0 Å². The summed E-state index contributed by atoms with van der Waals surface area (Å²) in [6.45, 7) is 6.68. The predicted molar refractivity (Wildman–Crippen MR) is 75.6 cm³/mol. The van der Waals surface area contributed by atoms with Gasteiger partial charge >= 0.3 is 5.97 Å². The molecule has 0 radical (unpaired) electrons. The molecule has 1 aromatic rings. The fourth-order valence-corrected chi connectivity index (χ4v) is 2.28. The fourth-order valence-electron chi connectivity index (χ4n) is 2.28. The Bertz CT molecular complexity index is 457. The molecule has 1 unspecified atom stereocenters. The first-order valence-electron chi connectivity index (χ1n) is 6.41. The van der Waals surface area contributed by atoms with E-state index in [1.165, 1.54) is 5.56 Å². The summed E-state index contributed by atoms with van der Waals surface area (Å²) in [5.74, 6) is 0.117. The molecule has 19 heavy (non-hydrogen) atoms. The van der Waals surface area contributed by atoms with Crippen LogP contribution < -0.4 is 4.74 Å². The molecule has 0 heterocycles. The SMILES string of the molecule is COc1c(C)cc(C)cc1CN(C)C(C)CC(=O)O. The molecule has 0 saturated carbocycles. The standard InChI is InChI=1S/C15H23NO3/c1-10-6-11(2)15(19-5)13(7-10)9-16(4)12(3)8-14(17)18/h6-7,12H,8-9H2,1-5H3,(H,17,18). The molecule has 4 nitrogen and oxygen atoms in total. The minimum Gasteiger partial charge on any atom is -0.496 e. The molecular formula is C15H23NO3. The van der Waals surface area contributed by atoms with Crippen LogP contribution in [0.15, 0.2) is 12.1 Å². The van der Waals surface area contributed by atoms with Crippen LogP contribution in [0, 0.1) is 13.8 Å². The number of ether oxygens (including phenoxy) is 1. The highest BCUT2D eigenvalue weighted by Gasteiger charge is 2.16. The average Bonchev–Trinajstić information content (AvgIpc) is 2.27. The van der Waals surface area contributed by atoms with E-state index in [1.54, 1.807) is 7.11 Å². The minimum atomic E-state index is -0.772. The van der Waals surface area contributed by atoms with Crippen molar-refractivity contribution in [3.05, 3.63) is 28.8 Å². The molecule has 1 rings (SSSR count). The normalized spacial score (nSPS) is 12.5. The summed E-state index contributed by atoms with van der Waals surface area (Å²) >= 11 is 0. The Kier molecular flexibility index (Phi) is 5.36. The Morgan fingerprint density at radius 1 is 1.42 bits per heavy atom. The van der Waals surface area contributed by atoms with Crippen molar-refractivity contribution in [2.24, 2.45) is 0 Å². The van der Waals surface area contributed by atoms with Gasteiger partial charge in [0, 0.05) is 18.2 Å². The number of carboxylic acid groups (broad SMARTS) is 1. The Labute approximate surface area is 115 Å². The number of methoxy groups -OCH3 is 1. The molecule has 1 N–H and O–H groups in total. The van der Waals surface area contributed by atoms with Gasteiger partial charge in [0.25, 0.3) is 0 Å². The van der Waals surface area contributed by atoms with Gasteiger partial charge in [0.1, 0.15) is 5.75 Å². The first-order valence-corrected chi connectivity index (χ1v) is 6.41. The van der Waals surface area contributed by atoms with Crippen LogP contribution in [0.3, 0.4) is 0 Å². The highest BCUT2D eigenvalue weighted by atomic mass is 16.5. The maximum Gasteiger partial charge on any atom is 0.304 e. The second kappa shape index (κ2) is 6.57. The fraction of sp³-hybridized carbons (Fsp3) is 0.533. The van der Waals surface area contributed by atoms with E-state index >= 15 is 0 Å². The summed E-state index contributed by atoms with van der Waals surface area (Å²) in [4.78, 5) is 12.8. The van der Waals surface area contributed by atoms with Crippen molar-refractivity contribution >= 4 is 5.97 Å². The van der Waals surface area contributed by atoms with E-state index < -0.39 is 5.97 Å². The summed E-state index contributed by atoms with van der Waals surface area (Å²) in [6, 6.07) is 4.17. The van der Waals surface area contributed by atoms with Crippen molar-refractivity contribution in [3.63, 3.8) is 0 Å². The molecule has 4 heteroatoms. The number of rotatable bonds is 6. The molecule has 0 spiro atoms. The maximum absolute atomic E-state index is 10.7. The number of carboxylic acids is 1. The number of benzene rings is 1. The van der Waals surface area contributed by atoms with Gasteiger partial charge in [0.2, 0.25) is 0 Å². The summed E-state index contributed by atoms with van der Waals surface area (Å²) in [5.41, 5.74) is 3.39. The first-order chi connectivity index (χ1) is 8.85. The monoisotopic (exact) mass is 265 g/mol. The second-order valence-electron chi connectivity index (χ2n) is 5.14. The van der Waals surface area contributed by atoms with Gasteiger partial charge < -0.3 is 9.84 Å². The van der Waals surface area contributed by atoms with Crippen LogP contribution in [0.1, 0.15) is 30.0 Å². The van der Waals surface area contributed by atoms with Gasteiger partial charge in [-0.2, -0.15) is 0 Å². The Morgan fingerprint density at radius 3 is 2.58 bits per heavy atom. The topological polar surface area (TPSA) is 49.8 Å². The van der Waals surface area contributed by atoms with Gasteiger partial charge in [-0.15, -0.1) is 0 Å². The van der Waals surface area contributed by atoms with Crippen LogP contribution in [0.4, 0.5) is 0 Å². The van der Waals surface area contributed by atoms with E-state index in [9.17, 15) is 4.79 Å². The summed E-state index contributed by atoms with van der Waals surface area (Å²) in [7, 11) is 3.60. The maximum atomic E-state index is 10.7. The molecular weight excluding hydrogens is 242 g/mol. The smallest absolute Gasteiger partial charge is 0.304 e. The van der Waals surface area contributed by atoms with Gasteiger partial charge in [-0.05, 0) is 33.4 Å². The number of nitrogens with zero attached hydrogens (tertiary/aromatic N) is 1. The van der Waals surface area contributed by atoms with Crippen molar-refractivity contribution in [2.45, 2.75) is 39.8 Å². The lowest BCUT2D eigenvalue weighted by atomic mass is 10.0. The molecule has 106 valence electrons. The van der Waals surface area contributed by atoms with Crippen molar-refractivity contribution in [1.82, 2.24) is 4.90 Å². The van der Waals surface area contributed by atoms with Gasteiger partial charge in [0.05, 0.1) is 13.5 Å². The molecule has 1 aromatic carbocycles. The molecule has 0 fully saturated rings. The highest BCUT2D eigenvalue weighted by molar-refractivity contribution is 5.67. The molecule has 0 amide bonds. The molecule has 0 aliphatic carbocycles. The number of aryl methyl sites for hydroxylation is 2. The molecule has 0 aromatic heterocycles. The van der Waals surface area contributed by atoms with Crippen LogP contribution in [0.5, 0.6) is 5.75 Å². The number of hydrogen-bond acceptors (Lipinski definition) is 3. The third-order valence-electron chi connectivity index (χ3n) is 3.34. The number of aliphatic carboxylic acids is 1. The number of carbonyl (C=O) groups is 1. The van der Waals surface area contributed by atoms with Gasteiger partial charge in [-0.25, -0.2) is 0 Å². The highest BCUT2D eigenvalue weighted by Crippen LogP contribution is 2.26. The third kappa shape index (κ3) is 4.24. The van der Waals surface area contributed by atoms with E-state index in [1.807, 2.05) is 25.8 Å². The quantitative estimate of drug-likeness (QED) is 0.859. The summed E-state index contributed by atoms with van der Waals surface area (Å²) < 4.78 is 5.45. The molecule has 0 saturated heterocycles. The lowest BCUT2D eigenvalue weighted by Gasteiger charge is -2.25. The minimum absolute atomic E-state index is 0.0111. The summed E-state index contributed by atoms with van der Waals surface area (Å²) in [6.07, 6.45) is 0.142. The average molecular weight is 265 g/mol. The predicted octanol–water partition coefficient (Wildman–Crippen LogP) is 2.61. The van der Waals surface area contributed by atoms with E-state index in [0.29, 0.717) is 6.54 Å². The third-order valence-corrected chi connectivity index (χ3v) is 3.34. The molecule has 0 aliphatic heterocycles. The largest absolute Gasteiger partial charge is 0.496 e. The van der Waals surface area contributed by atoms with E-state index in [-0.39, 0.29) is 12.5 Å². The summed E-state index contributed by atoms with van der Waals surface area (Å²) in [5, 5.41) is 8.84. The van der Waals surface area contributed by atoms with Crippen LogP contribution in [-0.4, -0.2) is 36.2 Å². The van der Waals surface area contributed by atoms with E-state index in [0.717, 1.165) is 16.9 Å². The van der Waals surface area contributed by atoms with Crippen molar-refractivity contribution in [2.75, 3.05) is 14.2 Å². The van der Waals surface area contributed by atoms with Crippen LogP contribution >= 0.6 is 0 Å². The Morgan fingerprint density at radius 2 is 2.05 bits per heavy atom. The van der Waals surface area contributed by atoms with E-state index in [4.69, 9.17) is 9.84 Å². The zero-order valence-corrected chi connectivity index (χ0v) is 12.4. The zero-order valence-electron chi connectivity index (χ0n) is 12.4. The van der Waals surface area contributed by atoms with Gasteiger partial charge in [-0.3, -0.25) is 9.69 Å². The van der Waals surface area contributed by atoms with Crippen molar-refractivity contribution < 1.29 is 14.6 Å². The van der Waals surface area contributed by atoms with Crippen molar-refractivity contribution in [1.29, 1.82) is 0 Å². The van der Waals surface area contributed by atoms with Gasteiger partial charge in [-0.1, -0.05) is 17.7 Å². The lowest BCUT2D eigenvalue weighted by molar-refractivity contribution is -0.138. The second-order valence-corrected chi connectivity index (χ2v) is 5.14. The Balaban J connectivity index is 2.89. The van der Waals surface area contributed by atoms with Crippen LogP contribution in [0.25, 0.3) is 0 Å². The van der Waals surface area contributed by atoms with Gasteiger partial charge in [0.15, 0.2) is 0 Å². The first kappa shape index (κ1) is 15.5. The van der Waals surface area contributed by atoms with Crippen molar-refractivity contribution in [3.8, 4) is 5.75 Å². The zero-order chi connectivity index (χ0) is 14.6. The van der Waals surface area contributed by atoms with E-state index in [2.05, 4.69) is 19.1 Å². The van der Waals surface area contributed by atoms with Crippen LogP contribution in [-0.2, 0) is 11.3 Å². The molecule has 0 bridgehead atoms. The molecule has 0 aliphatic rings. The lowest BCUT2D eigenvalue weighted by Crippen LogP contribution is -2.30. The molecule has 1 atom stereocenters. The number of hydrogen-bond donors (Lipinski definition) is 1.